The first kappa shape index (κ1) is 17.0. The van der Waals surface area contributed by atoms with Crippen molar-refractivity contribution in [1.82, 2.24) is 14.5 Å². The van der Waals surface area contributed by atoms with Crippen LogP contribution in [0, 0.1) is 0 Å². The summed E-state index contributed by atoms with van der Waals surface area (Å²) in [4.78, 5) is 33.6. The van der Waals surface area contributed by atoms with Gasteiger partial charge in [0.05, 0.1) is 17.7 Å². The topological polar surface area (TPSA) is 94.3 Å². The van der Waals surface area contributed by atoms with Crippen LogP contribution >= 0.6 is 11.8 Å². The molecule has 0 spiro atoms. The van der Waals surface area contributed by atoms with Crippen molar-refractivity contribution in [3.8, 4) is 11.4 Å². The van der Waals surface area contributed by atoms with Crippen LogP contribution in [0.2, 0.25) is 0 Å². The maximum Gasteiger partial charge on any atom is 0.347 e. The molecular weight excluding hydrogens is 342 g/mol. The highest BCUT2D eigenvalue weighted by molar-refractivity contribution is 7.98. The second-order valence-corrected chi connectivity index (χ2v) is 5.79. The van der Waals surface area contributed by atoms with Gasteiger partial charge in [-0.15, -0.1) is 0 Å². The van der Waals surface area contributed by atoms with Crippen molar-refractivity contribution in [3.05, 3.63) is 52.4 Å². The predicted octanol–water partition coefficient (Wildman–Crippen LogP) is 2.38. The number of hydrogen-bond donors (Lipinski definition) is 1. The minimum atomic E-state index is -0.884. The molecule has 0 fully saturated rings. The summed E-state index contributed by atoms with van der Waals surface area (Å²) in [6, 6.07) is 8.77. The lowest BCUT2D eigenvalue weighted by Gasteiger charge is -2.14. The number of thioether (sulfide) groups is 1. The Morgan fingerprint density at radius 1 is 1.32 bits per heavy atom. The number of fused-ring (bicyclic) bond motifs is 1. The highest BCUT2D eigenvalue weighted by Gasteiger charge is 2.25. The van der Waals surface area contributed by atoms with E-state index in [1.54, 1.807) is 37.4 Å². The Hall–Kier alpha value is -2.87. The van der Waals surface area contributed by atoms with E-state index in [-0.39, 0.29) is 17.6 Å². The second-order valence-electron chi connectivity index (χ2n) is 5.01. The number of pyridine rings is 1. The van der Waals surface area contributed by atoms with Crippen LogP contribution in [0.1, 0.15) is 17.3 Å². The zero-order chi connectivity index (χ0) is 18.0. The molecular formula is C17H15N3O4S. The van der Waals surface area contributed by atoms with Crippen molar-refractivity contribution >= 4 is 28.8 Å². The number of benzene rings is 1. The molecule has 0 amide bonds. The van der Waals surface area contributed by atoms with Crippen molar-refractivity contribution < 1.29 is 14.6 Å². The van der Waals surface area contributed by atoms with Gasteiger partial charge >= 0.3 is 5.97 Å². The Labute approximate surface area is 147 Å². The fourth-order valence-corrected chi connectivity index (χ4v) is 2.78. The summed E-state index contributed by atoms with van der Waals surface area (Å²) in [6.07, 6.45) is 3.20. The van der Waals surface area contributed by atoms with Crippen LogP contribution in [0.4, 0.5) is 0 Å². The first-order valence-corrected chi connectivity index (χ1v) is 8.72. The van der Waals surface area contributed by atoms with Gasteiger partial charge in [-0.05, 0) is 25.3 Å². The van der Waals surface area contributed by atoms with E-state index in [2.05, 4.69) is 9.97 Å². The Morgan fingerprint density at radius 2 is 2.04 bits per heavy atom. The Kier molecular flexibility index (Phi) is 4.71. The standard InChI is InChI=1S/C17H15N3O4S/c1-3-24-16(23)12-13(21)11-9-18-17(25-2)19-14(11)20(15(12)22)10-7-5-4-6-8-10/h4-9,21H,3H2,1-2H3. The van der Waals surface area contributed by atoms with Crippen LogP contribution in [-0.4, -0.2) is 38.5 Å². The van der Waals surface area contributed by atoms with Crippen LogP contribution in [0.15, 0.2) is 46.5 Å². The van der Waals surface area contributed by atoms with E-state index >= 15 is 0 Å². The van der Waals surface area contributed by atoms with Crippen LogP contribution in [0.5, 0.6) is 5.75 Å². The third kappa shape index (κ3) is 2.96. The zero-order valence-corrected chi connectivity index (χ0v) is 14.4. The molecule has 0 radical (unpaired) electrons. The van der Waals surface area contributed by atoms with E-state index in [1.165, 1.54) is 22.5 Å². The smallest absolute Gasteiger partial charge is 0.347 e. The van der Waals surface area contributed by atoms with E-state index in [0.29, 0.717) is 10.8 Å². The van der Waals surface area contributed by atoms with Crippen molar-refractivity contribution in [2.24, 2.45) is 0 Å². The summed E-state index contributed by atoms with van der Waals surface area (Å²) in [7, 11) is 0. The minimum Gasteiger partial charge on any atom is -0.506 e. The Balaban J connectivity index is 2.45. The molecule has 3 rings (SSSR count). The third-order valence-electron chi connectivity index (χ3n) is 3.54. The van der Waals surface area contributed by atoms with Gasteiger partial charge in [-0.2, -0.15) is 0 Å². The average Bonchev–Trinajstić information content (AvgIpc) is 2.62. The normalized spacial score (nSPS) is 10.8. The molecule has 3 aromatic rings. The second kappa shape index (κ2) is 6.94. The van der Waals surface area contributed by atoms with Gasteiger partial charge in [0.25, 0.3) is 5.56 Å². The third-order valence-corrected chi connectivity index (χ3v) is 4.11. The predicted molar refractivity (Wildman–Crippen MR) is 94.5 cm³/mol. The van der Waals surface area contributed by atoms with Gasteiger partial charge in [-0.3, -0.25) is 9.36 Å². The number of para-hydroxylation sites is 1. The van der Waals surface area contributed by atoms with E-state index < -0.39 is 22.8 Å². The molecule has 25 heavy (non-hydrogen) atoms. The lowest BCUT2D eigenvalue weighted by molar-refractivity contribution is 0.0521. The lowest BCUT2D eigenvalue weighted by Crippen LogP contribution is -2.27. The Bertz CT molecular complexity index is 1000. The molecule has 1 aromatic carbocycles. The molecule has 0 unspecified atom stereocenters. The van der Waals surface area contributed by atoms with E-state index in [0.717, 1.165) is 0 Å². The molecule has 8 heteroatoms. The number of hydrogen-bond acceptors (Lipinski definition) is 7. The number of carbonyl (C=O) groups excluding carboxylic acids is 1. The van der Waals surface area contributed by atoms with Crippen LogP contribution in [-0.2, 0) is 4.74 Å². The molecule has 0 saturated carbocycles. The molecule has 0 saturated heterocycles. The van der Waals surface area contributed by atoms with Crippen LogP contribution < -0.4 is 5.56 Å². The zero-order valence-electron chi connectivity index (χ0n) is 13.6. The number of esters is 1. The van der Waals surface area contributed by atoms with Gasteiger partial charge in [-0.1, -0.05) is 30.0 Å². The fourth-order valence-electron chi connectivity index (χ4n) is 2.44. The summed E-state index contributed by atoms with van der Waals surface area (Å²) in [6.45, 7) is 1.71. The molecule has 2 aromatic heterocycles. The number of aromatic hydroxyl groups is 1. The fraction of sp³-hybridized carbons (Fsp3) is 0.176. The quantitative estimate of drug-likeness (QED) is 0.435. The molecule has 7 nitrogen and oxygen atoms in total. The van der Waals surface area contributed by atoms with Crippen LogP contribution in [0.3, 0.4) is 0 Å². The van der Waals surface area contributed by atoms with Gasteiger partial charge in [-0.25, -0.2) is 14.8 Å². The van der Waals surface area contributed by atoms with Crippen molar-refractivity contribution in [2.75, 3.05) is 12.9 Å². The molecule has 128 valence electrons. The van der Waals surface area contributed by atoms with Crippen molar-refractivity contribution in [3.63, 3.8) is 0 Å². The Morgan fingerprint density at radius 3 is 2.68 bits per heavy atom. The van der Waals surface area contributed by atoms with Gasteiger partial charge in [0.15, 0.2) is 16.4 Å². The highest BCUT2D eigenvalue weighted by Crippen LogP contribution is 2.28. The molecule has 0 aliphatic rings. The first-order chi connectivity index (χ1) is 12.1. The summed E-state index contributed by atoms with van der Waals surface area (Å²) < 4.78 is 6.20. The summed E-state index contributed by atoms with van der Waals surface area (Å²) in [5, 5.41) is 11.1. The highest BCUT2D eigenvalue weighted by atomic mass is 32.2. The first-order valence-electron chi connectivity index (χ1n) is 7.49. The molecule has 2 heterocycles. The summed E-state index contributed by atoms with van der Waals surface area (Å²) in [5.74, 6) is -1.36. The SMILES string of the molecule is CCOC(=O)c1c(O)c2cnc(SC)nc2n(-c2ccccc2)c1=O. The summed E-state index contributed by atoms with van der Waals surface area (Å²) in [5.41, 5.74) is -0.381. The van der Waals surface area contributed by atoms with Crippen molar-refractivity contribution in [1.29, 1.82) is 0 Å². The monoisotopic (exact) mass is 357 g/mol. The van der Waals surface area contributed by atoms with Gasteiger partial charge in [0.1, 0.15) is 5.75 Å². The molecule has 0 atom stereocenters. The summed E-state index contributed by atoms with van der Waals surface area (Å²) >= 11 is 1.31. The van der Waals surface area contributed by atoms with E-state index in [4.69, 9.17) is 4.74 Å². The molecule has 0 aliphatic carbocycles. The minimum absolute atomic E-state index is 0.0863. The number of ether oxygens (including phenoxy) is 1. The number of carbonyl (C=O) groups is 1. The van der Waals surface area contributed by atoms with E-state index in [1.807, 2.05) is 6.07 Å². The number of aromatic nitrogens is 3. The van der Waals surface area contributed by atoms with Gasteiger partial charge in [0.2, 0.25) is 0 Å². The van der Waals surface area contributed by atoms with Gasteiger partial charge in [0, 0.05) is 6.20 Å². The van der Waals surface area contributed by atoms with Crippen molar-refractivity contribution in [2.45, 2.75) is 12.1 Å². The maximum atomic E-state index is 13.0. The molecule has 1 N–H and O–H groups in total. The van der Waals surface area contributed by atoms with Crippen LogP contribution in [0.25, 0.3) is 16.7 Å². The molecule has 0 bridgehead atoms. The average molecular weight is 357 g/mol. The van der Waals surface area contributed by atoms with Gasteiger partial charge < -0.3 is 9.84 Å². The van der Waals surface area contributed by atoms with E-state index in [9.17, 15) is 14.7 Å². The number of rotatable bonds is 4. The lowest BCUT2D eigenvalue weighted by atomic mass is 10.1. The largest absolute Gasteiger partial charge is 0.506 e. The number of nitrogens with zero attached hydrogens (tertiary/aromatic N) is 3. The molecule has 0 aliphatic heterocycles. The maximum absolute atomic E-state index is 13.0.